The molecule has 1 fully saturated rings. The second kappa shape index (κ2) is 5.57. The average molecular weight is 288 g/mol. The molecule has 2 bridgehead atoms. The molecule has 2 aliphatic rings. The molecule has 0 heterocycles. The van der Waals surface area contributed by atoms with Crippen molar-refractivity contribution in [2.45, 2.75) is 18.8 Å². The van der Waals surface area contributed by atoms with E-state index in [-0.39, 0.29) is 5.92 Å². The van der Waals surface area contributed by atoms with Crippen LogP contribution < -0.4 is 0 Å². The van der Waals surface area contributed by atoms with Gasteiger partial charge in [-0.05, 0) is 41.4 Å². The molecule has 110 valence electrons. The fraction of sp³-hybridized carbons (Fsp3) is 0.286. The summed E-state index contributed by atoms with van der Waals surface area (Å²) in [5, 5.41) is 0. The molecule has 0 spiro atoms. The minimum absolute atomic E-state index is 0.149. The summed E-state index contributed by atoms with van der Waals surface area (Å²) in [6.45, 7) is 0. The number of rotatable bonds is 3. The van der Waals surface area contributed by atoms with E-state index in [1.807, 2.05) is 0 Å². The van der Waals surface area contributed by atoms with Gasteiger partial charge in [0, 0.05) is 11.8 Å². The molecule has 2 aromatic carbocycles. The molecule has 2 aromatic rings. The molecule has 1 saturated carbocycles. The van der Waals surface area contributed by atoms with Crippen molar-refractivity contribution in [2.75, 3.05) is 0 Å². The molecule has 4 atom stereocenters. The van der Waals surface area contributed by atoms with E-state index in [1.54, 1.807) is 0 Å². The molecule has 0 radical (unpaired) electrons. The van der Waals surface area contributed by atoms with E-state index in [2.05, 4.69) is 66.7 Å². The lowest BCUT2D eigenvalue weighted by Gasteiger charge is -2.36. The van der Waals surface area contributed by atoms with Crippen molar-refractivity contribution in [2.24, 2.45) is 17.8 Å². The fourth-order valence-corrected chi connectivity index (χ4v) is 4.43. The van der Waals surface area contributed by atoms with Crippen LogP contribution >= 0.6 is 0 Å². The maximum Gasteiger partial charge on any atom is 0.123 e. The van der Waals surface area contributed by atoms with E-state index in [1.165, 1.54) is 23.0 Å². The second-order valence-corrected chi connectivity index (χ2v) is 6.49. The summed E-state index contributed by atoms with van der Waals surface area (Å²) in [6, 6.07) is 21.3. The Labute approximate surface area is 131 Å². The topological polar surface area (TPSA) is 17.1 Å². The van der Waals surface area contributed by atoms with Gasteiger partial charge >= 0.3 is 0 Å². The Hall–Kier alpha value is -2.15. The standard InChI is InChI=1S/C21H20O/c22-14-18-12-11-17-13-19(15-7-3-1-4-8-15)21(18)20(17)16-9-5-2-6-10-16/h1-10,13-14,17-18,20-21H,11-12H2/t17-,18+,20-,21+/m1/s1. The molecular weight excluding hydrogens is 268 g/mol. The third-order valence-electron chi connectivity index (χ3n) is 5.36. The number of fused-ring (bicyclic) bond motifs is 2. The molecule has 0 saturated heterocycles. The number of carbonyl (C=O) groups excluding carboxylic acids is 1. The lowest BCUT2D eigenvalue weighted by atomic mass is 9.67. The Morgan fingerprint density at radius 3 is 2.18 bits per heavy atom. The number of benzene rings is 2. The zero-order valence-corrected chi connectivity index (χ0v) is 12.6. The van der Waals surface area contributed by atoms with Gasteiger partial charge in [-0.2, -0.15) is 0 Å². The second-order valence-electron chi connectivity index (χ2n) is 6.49. The van der Waals surface area contributed by atoms with E-state index in [9.17, 15) is 4.79 Å². The van der Waals surface area contributed by atoms with Crippen molar-refractivity contribution in [3.05, 3.63) is 77.9 Å². The number of carbonyl (C=O) groups is 1. The van der Waals surface area contributed by atoms with Crippen LogP contribution in [0, 0.1) is 17.8 Å². The third-order valence-corrected chi connectivity index (χ3v) is 5.36. The predicted octanol–water partition coefficient (Wildman–Crippen LogP) is 4.71. The Bertz CT molecular complexity index is 686. The van der Waals surface area contributed by atoms with Gasteiger partial charge in [0.2, 0.25) is 0 Å². The SMILES string of the molecule is O=C[C@@H]1CC[C@@H]2C=C(c3ccccc3)[C@H]1[C@@H]2c1ccccc1. The largest absolute Gasteiger partial charge is 0.303 e. The molecule has 4 rings (SSSR count). The Morgan fingerprint density at radius 2 is 1.50 bits per heavy atom. The van der Waals surface area contributed by atoms with Crippen molar-refractivity contribution in [3.63, 3.8) is 0 Å². The summed E-state index contributed by atoms with van der Waals surface area (Å²) in [5.41, 5.74) is 4.05. The van der Waals surface area contributed by atoms with Gasteiger partial charge in [0.15, 0.2) is 0 Å². The lowest BCUT2D eigenvalue weighted by Crippen LogP contribution is -2.29. The minimum atomic E-state index is 0.149. The van der Waals surface area contributed by atoms with E-state index in [0.29, 0.717) is 17.8 Å². The zero-order valence-electron chi connectivity index (χ0n) is 12.6. The van der Waals surface area contributed by atoms with Crippen LogP contribution in [-0.4, -0.2) is 6.29 Å². The summed E-state index contributed by atoms with van der Waals surface area (Å²) in [5.74, 6) is 1.51. The highest BCUT2D eigenvalue weighted by Crippen LogP contribution is 2.56. The maximum atomic E-state index is 11.7. The monoisotopic (exact) mass is 288 g/mol. The summed E-state index contributed by atoms with van der Waals surface area (Å²) in [6.07, 6.45) is 5.78. The van der Waals surface area contributed by atoms with Crippen molar-refractivity contribution in [3.8, 4) is 0 Å². The molecule has 0 aliphatic heterocycles. The molecule has 2 aliphatic carbocycles. The highest BCUT2D eigenvalue weighted by molar-refractivity contribution is 5.76. The minimum Gasteiger partial charge on any atom is -0.303 e. The van der Waals surface area contributed by atoms with Crippen molar-refractivity contribution in [1.29, 1.82) is 0 Å². The summed E-state index contributed by atoms with van der Waals surface area (Å²) in [4.78, 5) is 11.7. The van der Waals surface area contributed by atoms with Crippen LogP contribution in [0.25, 0.3) is 5.57 Å². The molecule has 0 amide bonds. The van der Waals surface area contributed by atoms with Crippen LogP contribution in [0.3, 0.4) is 0 Å². The number of allylic oxidation sites excluding steroid dienone is 2. The van der Waals surface area contributed by atoms with Crippen LogP contribution in [0.2, 0.25) is 0 Å². The van der Waals surface area contributed by atoms with Crippen LogP contribution in [0.5, 0.6) is 0 Å². The first kappa shape index (κ1) is 13.5. The summed E-state index contributed by atoms with van der Waals surface area (Å²) < 4.78 is 0. The predicted molar refractivity (Wildman–Crippen MR) is 89.4 cm³/mol. The number of hydrogen-bond donors (Lipinski definition) is 0. The van der Waals surface area contributed by atoms with Crippen LogP contribution in [0.15, 0.2) is 66.7 Å². The maximum absolute atomic E-state index is 11.7. The van der Waals surface area contributed by atoms with Crippen molar-refractivity contribution in [1.82, 2.24) is 0 Å². The van der Waals surface area contributed by atoms with E-state index in [0.717, 1.165) is 12.8 Å². The van der Waals surface area contributed by atoms with Gasteiger partial charge in [-0.25, -0.2) is 0 Å². The quantitative estimate of drug-likeness (QED) is 0.748. The first-order valence-corrected chi connectivity index (χ1v) is 8.16. The smallest absolute Gasteiger partial charge is 0.123 e. The van der Waals surface area contributed by atoms with Gasteiger partial charge in [-0.15, -0.1) is 0 Å². The lowest BCUT2D eigenvalue weighted by molar-refractivity contribution is -0.113. The van der Waals surface area contributed by atoms with Crippen LogP contribution in [-0.2, 0) is 4.79 Å². The van der Waals surface area contributed by atoms with Gasteiger partial charge in [-0.3, -0.25) is 0 Å². The highest BCUT2D eigenvalue weighted by atomic mass is 16.1. The number of aldehydes is 1. The summed E-state index contributed by atoms with van der Waals surface area (Å²) in [7, 11) is 0. The molecule has 0 N–H and O–H groups in total. The fourth-order valence-electron chi connectivity index (χ4n) is 4.43. The zero-order chi connectivity index (χ0) is 14.9. The Morgan fingerprint density at radius 1 is 0.818 bits per heavy atom. The third kappa shape index (κ3) is 2.12. The van der Waals surface area contributed by atoms with Gasteiger partial charge in [0.05, 0.1) is 0 Å². The highest BCUT2D eigenvalue weighted by Gasteiger charge is 2.45. The molecule has 0 unspecified atom stereocenters. The van der Waals surface area contributed by atoms with E-state index in [4.69, 9.17) is 0 Å². The first-order chi connectivity index (χ1) is 10.9. The molecule has 22 heavy (non-hydrogen) atoms. The van der Waals surface area contributed by atoms with Gasteiger partial charge in [-0.1, -0.05) is 66.7 Å². The Kier molecular flexibility index (Phi) is 3.42. The first-order valence-electron chi connectivity index (χ1n) is 8.16. The van der Waals surface area contributed by atoms with Gasteiger partial charge in [0.25, 0.3) is 0 Å². The van der Waals surface area contributed by atoms with Crippen LogP contribution in [0.4, 0.5) is 0 Å². The van der Waals surface area contributed by atoms with E-state index < -0.39 is 0 Å². The summed E-state index contributed by atoms with van der Waals surface area (Å²) >= 11 is 0. The molecule has 1 nitrogen and oxygen atoms in total. The molecular formula is C21H20O. The van der Waals surface area contributed by atoms with Gasteiger partial charge < -0.3 is 4.79 Å². The van der Waals surface area contributed by atoms with Crippen LogP contribution in [0.1, 0.15) is 29.9 Å². The van der Waals surface area contributed by atoms with Crippen molar-refractivity contribution >= 4 is 11.9 Å². The average Bonchev–Trinajstić information content (AvgIpc) is 2.87. The van der Waals surface area contributed by atoms with Gasteiger partial charge in [0.1, 0.15) is 6.29 Å². The molecule has 0 aromatic heterocycles. The van der Waals surface area contributed by atoms with E-state index >= 15 is 0 Å². The molecule has 1 heteroatoms. The van der Waals surface area contributed by atoms with Crippen molar-refractivity contribution < 1.29 is 4.79 Å². The normalized spacial score (nSPS) is 29.9. The number of hydrogen-bond acceptors (Lipinski definition) is 1. The Balaban J connectivity index is 1.79.